The summed E-state index contributed by atoms with van der Waals surface area (Å²) in [6.45, 7) is 1.61. The second-order valence-electron chi connectivity index (χ2n) is 5.49. The molecule has 11 nitrogen and oxygen atoms in total. The van der Waals surface area contributed by atoms with Crippen LogP contribution in [0.25, 0.3) is 5.69 Å². The SMILES string of the molecule is CCOC(=O)c1cc(-n2c(N)c3c(cc2=O)C(=O)NC3=O)cc([N+](=O)[O-])c1. The predicted octanol–water partition coefficient (Wildman–Crippen LogP) is 0.388. The molecule has 0 saturated carbocycles. The third-order valence-electron chi connectivity index (χ3n) is 3.84. The standard InChI is InChI=1S/C16H12N4O7/c1-2-27-16(24)7-3-8(5-9(4-7)20(25)26)19-11(21)6-10-12(13(19)17)15(23)18-14(10)22/h3-6H,2,17H2,1H3,(H,18,22,23). The predicted molar refractivity (Wildman–Crippen MR) is 90.9 cm³/mol. The Bertz CT molecular complexity index is 1090. The molecule has 11 heteroatoms. The summed E-state index contributed by atoms with van der Waals surface area (Å²) in [5.41, 5.74) is 3.91. The van der Waals surface area contributed by atoms with E-state index in [4.69, 9.17) is 10.5 Å². The van der Waals surface area contributed by atoms with Crippen LogP contribution in [0.2, 0.25) is 0 Å². The third-order valence-corrected chi connectivity index (χ3v) is 3.84. The van der Waals surface area contributed by atoms with E-state index < -0.39 is 34.0 Å². The van der Waals surface area contributed by atoms with E-state index in [0.717, 1.165) is 22.8 Å². The van der Waals surface area contributed by atoms with Crippen LogP contribution in [0, 0.1) is 10.1 Å². The molecule has 0 saturated heterocycles. The van der Waals surface area contributed by atoms with Gasteiger partial charge in [0.1, 0.15) is 5.82 Å². The summed E-state index contributed by atoms with van der Waals surface area (Å²) in [5, 5.41) is 13.2. The van der Waals surface area contributed by atoms with E-state index >= 15 is 0 Å². The summed E-state index contributed by atoms with van der Waals surface area (Å²) in [7, 11) is 0. The van der Waals surface area contributed by atoms with E-state index in [1.54, 1.807) is 6.92 Å². The highest BCUT2D eigenvalue weighted by Gasteiger charge is 2.32. The van der Waals surface area contributed by atoms with Gasteiger partial charge in [0.05, 0.1) is 33.9 Å². The summed E-state index contributed by atoms with van der Waals surface area (Å²) >= 11 is 0. The molecule has 138 valence electrons. The molecule has 0 radical (unpaired) electrons. The molecule has 0 aliphatic carbocycles. The Kier molecular flexibility index (Phi) is 4.20. The highest BCUT2D eigenvalue weighted by Crippen LogP contribution is 2.26. The third kappa shape index (κ3) is 2.90. The summed E-state index contributed by atoms with van der Waals surface area (Å²) in [6.07, 6.45) is 0. The van der Waals surface area contributed by atoms with Gasteiger partial charge < -0.3 is 10.5 Å². The van der Waals surface area contributed by atoms with Crippen LogP contribution >= 0.6 is 0 Å². The van der Waals surface area contributed by atoms with Crippen LogP contribution in [-0.4, -0.2) is 33.9 Å². The zero-order chi connectivity index (χ0) is 19.9. The Labute approximate surface area is 150 Å². The fraction of sp³-hybridized carbons (Fsp3) is 0.125. The van der Waals surface area contributed by atoms with E-state index in [1.165, 1.54) is 6.07 Å². The summed E-state index contributed by atoms with van der Waals surface area (Å²) in [5.74, 6) is -2.77. The number of esters is 1. The van der Waals surface area contributed by atoms with Gasteiger partial charge in [0.2, 0.25) is 0 Å². The zero-order valence-electron chi connectivity index (χ0n) is 13.8. The minimum absolute atomic E-state index is 0.0417. The van der Waals surface area contributed by atoms with Crippen LogP contribution in [0.3, 0.4) is 0 Å². The molecule has 0 spiro atoms. The molecule has 0 atom stereocenters. The molecule has 0 unspecified atom stereocenters. The molecule has 3 N–H and O–H groups in total. The number of nitrogen functional groups attached to an aromatic ring is 1. The molecular formula is C16H12N4O7. The van der Waals surface area contributed by atoms with Crippen molar-refractivity contribution in [2.75, 3.05) is 12.3 Å². The van der Waals surface area contributed by atoms with Gasteiger partial charge >= 0.3 is 5.97 Å². The van der Waals surface area contributed by atoms with E-state index in [0.29, 0.717) is 0 Å². The monoisotopic (exact) mass is 372 g/mol. The van der Waals surface area contributed by atoms with Gasteiger partial charge in [0, 0.05) is 18.2 Å². The molecule has 2 aromatic rings. The number of aromatic nitrogens is 1. The first-order valence-corrected chi connectivity index (χ1v) is 7.62. The number of amides is 2. The lowest BCUT2D eigenvalue weighted by atomic mass is 10.1. The molecule has 0 fully saturated rings. The van der Waals surface area contributed by atoms with Gasteiger partial charge in [-0.1, -0.05) is 0 Å². The molecule has 27 heavy (non-hydrogen) atoms. The van der Waals surface area contributed by atoms with Gasteiger partial charge in [-0.05, 0) is 13.0 Å². The number of nitro benzene ring substituents is 1. The van der Waals surface area contributed by atoms with Crippen LogP contribution in [0.4, 0.5) is 11.5 Å². The summed E-state index contributed by atoms with van der Waals surface area (Å²) in [6, 6.07) is 4.08. The first-order chi connectivity index (χ1) is 12.7. The minimum Gasteiger partial charge on any atom is -0.462 e. The topological polar surface area (TPSA) is 164 Å². The number of benzene rings is 1. The van der Waals surface area contributed by atoms with E-state index in [-0.39, 0.29) is 34.8 Å². The first kappa shape index (κ1) is 17.8. The quantitative estimate of drug-likeness (QED) is 0.337. The number of carbonyl (C=O) groups excluding carboxylic acids is 3. The number of ether oxygens (including phenoxy) is 1. The Morgan fingerprint density at radius 3 is 2.56 bits per heavy atom. The fourth-order valence-electron chi connectivity index (χ4n) is 2.71. The van der Waals surface area contributed by atoms with Gasteiger partial charge in [-0.2, -0.15) is 0 Å². The van der Waals surface area contributed by atoms with Gasteiger partial charge in [-0.3, -0.25) is 34.4 Å². The van der Waals surface area contributed by atoms with Crippen LogP contribution in [0.5, 0.6) is 0 Å². The highest BCUT2D eigenvalue weighted by molar-refractivity contribution is 6.23. The maximum absolute atomic E-state index is 12.4. The largest absolute Gasteiger partial charge is 0.462 e. The van der Waals surface area contributed by atoms with Crippen molar-refractivity contribution in [3.63, 3.8) is 0 Å². The van der Waals surface area contributed by atoms with Crippen molar-refractivity contribution in [2.24, 2.45) is 0 Å². The number of anilines is 1. The number of pyridine rings is 1. The van der Waals surface area contributed by atoms with Gasteiger partial charge in [0.15, 0.2) is 0 Å². The van der Waals surface area contributed by atoms with Crippen molar-refractivity contribution >= 4 is 29.3 Å². The van der Waals surface area contributed by atoms with Crippen molar-refractivity contribution in [1.29, 1.82) is 0 Å². The Balaban J connectivity index is 2.29. The molecule has 2 amide bonds. The molecule has 3 rings (SSSR count). The smallest absolute Gasteiger partial charge is 0.338 e. The average Bonchev–Trinajstić information content (AvgIpc) is 2.88. The van der Waals surface area contributed by atoms with Crippen molar-refractivity contribution in [3.05, 3.63) is 61.4 Å². The van der Waals surface area contributed by atoms with Crippen LogP contribution in [0.1, 0.15) is 38.0 Å². The maximum atomic E-state index is 12.4. The van der Waals surface area contributed by atoms with Crippen molar-refractivity contribution < 1.29 is 24.0 Å². The van der Waals surface area contributed by atoms with E-state index in [9.17, 15) is 29.3 Å². The van der Waals surface area contributed by atoms with Crippen molar-refractivity contribution in [3.8, 4) is 5.69 Å². The van der Waals surface area contributed by atoms with Crippen LogP contribution < -0.4 is 16.6 Å². The number of hydrogen-bond donors (Lipinski definition) is 2. The second-order valence-corrected chi connectivity index (χ2v) is 5.49. The van der Waals surface area contributed by atoms with Crippen molar-refractivity contribution in [1.82, 2.24) is 9.88 Å². The van der Waals surface area contributed by atoms with Gasteiger partial charge in [-0.25, -0.2) is 4.79 Å². The van der Waals surface area contributed by atoms with Crippen LogP contribution in [0.15, 0.2) is 29.1 Å². The van der Waals surface area contributed by atoms with Crippen LogP contribution in [-0.2, 0) is 4.74 Å². The first-order valence-electron chi connectivity index (χ1n) is 7.62. The average molecular weight is 372 g/mol. The summed E-state index contributed by atoms with van der Waals surface area (Å²) in [4.78, 5) is 58.5. The number of non-ortho nitro benzene ring substituents is 1. The number of fused-ring (bicyclic) bond motifs is 1. The van der Waals surface area contributed by atoms with E-state index in [1.807, 2.05) is 5.32 Å². The molecule has 1 aromatic heterocycles. The lowest BCUT2D eigenvalue weighted by molar-refractivity contribution is -0.384. The van der Waals surface area contributed by atoms with Crippen molar-refractivity contribution in [2.45, 2.75) is 6.92 Å². The van der Waals surface area contributed by atoms with E-state index in [2.05, 4.69) is 0 Å². The Morgan fingerprint density at radius 2 is 1.93 bits per heavy atom. The maximum Gasteiger partial charge on any atom is 0.338 e. The molecule has 0 bridgehead atoms. The number of hydrogen-bond acceptors (Lipinski definition) is 8. The highest BCUT2D eigenvalue weighted by atomic mass is 16.6. The number of nitrogens with one attached hydrogen (secondary N) is 1. The Morgan fingerprint density at radius 1 is 1.22 bits per heavy atom. The minimum atomic E-state index is -0.830. The fourth-order valence-corrected chi connectivity index (χ4v) is 2.71. The normalized spacial score (nSPS) is 12.5. The number of rotatable bonds is 4. The molecule has 2 heterocycles. The van der Waals surface area contributed by atoms with Gasteiger partial charge in [0.25, 0.3) is 23.1 Å². The Hall–Kier alpha value is -4.02. The lowest BCUT2D eigenvalue weighted by Crippen LogP contribution is -2.24. The summed E-state index contributed by atoms with van der Waals surface area (Å²) < 4.78 is 5.64. The lowest BCUT2D eigenvalue weighted by Gasteiger charge is -2.13. The number of imide groups is 1. The molecule has 1 aromatic carbocycles. The molecule has 1 aliphatic rings. The second kappa shape index (κ2) is 6.37. The number of nitrogens with two attached hydrogens (primary N) is 1. The van der Waals surface area contributed by atoms with Gasteiger partial charge in [-0.15, -0.1) is 0 Å². The molecular weight excluding hydrogens is 360 g/mol. The number of carbonyl (C=O) groups is 3. The zero-order valence-corrected chi connectivity index (χ0v) is 13.8. The number of nitro groups is 1. The number of nitrogens with zero attached hydrogens (tertiary/aromatic N) is 2. The molecule has 1 aliphatic heterocycles.